The SMILES string of the molecule is N#CC[NH2+]Cc1ccc(F)cc1. The van der Waals surface area contributed by atoms with Crippen molar-refractivity contribution in [2.75, 3.05) is 6.54 Å². The highest BCUT2D eigenvalue weighted by Crippen LogP contribution is 1.99. The quantitative estimate of drug-likeness (QED) is 0.511. The molecule has 1 aromatic carbocycles. The molecule has 0 bridgehead atoms. The first-order valence-electron chi connectivity index (χ1n) is 3.76. The first-order valence-corrected chi connectivity index (χ1v) is 3.76. The third-order valence-electron chi connectivity index (χ3n) is 1.53. The molecule has 0 radical (unpaired) electrons. The van der Waals surface area contributed by atoms with Crippen molar-refractivity contribution in [1.29, 1.82) is 5.26 Å². The first-order chi connectivity index (χ1) is 5.83. The molecule has 0 atom stereocenters. The molecule has 0 saturated heterocycles. The first kappa shape index (κ1) is 8.69. The van der Waals surface area contributed by atoms with E-state index in [1.54, 1.807) is 12.1 Å². The maximum absolute atomic E-state index is 12.4. The fraction of sp³-hybridized carbons (Fsp3) is 0.222. The second kappa shape index (κ2) is 4.47. The average molecular weight is 165 g/mol. The molecule has 1 rings (SSSR count). The smallest absolute Gasteiger partial charge is 0.163 e. The van der Waals surface area contributed by atoms with E-state index in [4.69, 9.17) is 5.26 Å². The van der Waals surface area contributed by atoms with E-state index in [0.29, 0.717) is 6.54 Å². The van der Waals surface area contributed by atoms with Crippen LogP contribution in [-0.2, 0) is 6.54 Å². The van der Waals surface area contributed by atoms with Gasteiger partial charge in [-0.1, -0.05) is 12.1 Å². The Labute approximate surface area is 70.6 Å². The van der Waals surface area contributed by atoms with Crippen molar-refractivity contribution in [2.45, 2.75) is 6.54 Å². The molecule has 12 heavy (non-hydrogen) atoms. The third-order valence-corrected chi connectivity index (χ3v) is 1.53. The van der Waals surface area contributed by atoms with Gasteiger partial charge in [0.25, 0.3) is 0 Å². The summed E-state index contributed by atoms with van der Waals surface area (Å²) >= 11 is 0. The molecular formula is C9H10FN2+. The molecule has 62 valence electrons. The predicted molar refractivity (Wildman–Crippen MR) is 42.5 cm³/mol. The Bertz CT molecular complexity index is 274. The molecule has 0 aliphatic rings. The molecule has 0 amide bonds. The summed E-state index contributed by atoms with van der Waals surface area (Å²) < 4.78 is 12.4. The number of nitrogens with two attached hydrogens (primary N) is 1. The van der Waals surface area contributed by atoms with Crippen molar-refractivity contribution in [3.8, 4) is 6.07 Å². The largest absolute Gasteiger partial charge is 0.331 e. The van der Waals surface area contributed by atoms with Gasteiger partial charge in [0.15, 0.2) is 6.54 Å². The van der Waals surface area contributed by atoms with Gasteiger partial charge in [0.2, 0.25) is 0 Å². The highest BCUT2D eigenvalue weighted by atomic mass is 19.1. The fourth-order valence-corrected chi connectivity index (χ4v) is 0.924. The molecule has 0 aliphatic carbocycles. The van der Waals surface area contributed by atoms with E-state index >= 15 is 0 Å². The van der Waals surface area contributed by atoms with Crippen LogP contribution in [0.4, 0.5) is 4.39 Å². The molecule has 0 aromatic heterocycles. The molecular weight excluding hydrogens is 155 g/mol. The van der Waals surface area contributed by atoms with Crippen LogP contribution in [0.2, 0.25) is 0 Å². The van der Waals surface area contributed by atoms with Crippen molar-refractivity contribution in [1.82, 2.24) is 0 Å². The molecule has 0 unspecified atom stereocenters. The highest BCUT2D eigenvalue weighted by Gasteiger charge is 1.94. The van der Waals surface area contributed by atoms with E-state index in [-0.39, 0.29) is 5.82 Å². The fourth-order valence-electron chi connectivity index (χ4n) is 0.924. The monoisotopic (exact) mass is 165 g/mol. The van der Waals surface area contributed by atoms with Crippen LogP contribution < -0.4 is 5.32 Å². The lowest BCUT2D eigenvalue weighted by molar-refractivity contribution is -0.660. The molecule has 2 nitrogen and oxygen atoms in total. The summed E-state index contributed by atoms with van der Waals surface area (Å²) in [5.74, 6) is -0.223. The normalized spacial score (nSPS) is 9.33. The van der Waals surface area contributed by atoms with E-state index in [1.807, 2.05) is 11.4 Å². The molecule has 3 heteroatoms. The van der Waals surface area contributed by atoms with Gasteiger partial charge in [-0.2, -0.15) is 5.26 Å². The van der Waals surface area contributed by atoms with Crippen molar-refractivity contribution in [3.05, 3.63) is 35.6 Å². The number of nitriles is 1. The molecule has 0 aliphatic heterocycles. The lowest BCUT2D eigenvalue weighted by Crippen LogP contribution is -2.82. The van der Waals surface area contributed by atoms with Crippen LogP contribution in [0.1, 0.15) is 5.56 Å². The Morgan fingerprint density at radius 3 is 2.58 bits per heavy atom. The van der Waals surface area contributed by atoms with Gasteiger partial charge in [-0.15, -0.1) is 0 Å². The standard InChI is InChI=1S/C9H9FN2/c10-9-3-1-8(2-4-9)7-12-6-5-11/h1-4,12H,6-7H2/p+1. The molecule has 0 heterocycles. The molecule has 0 spiro atoms. The lowest BCUT2D eigenvalue weighted by Gasteiger charge is -1.96. The Morgan fingerprint density at radius 2 is 2.00 bits per heavy atom. The summed E-state index contributed by atoms with van der Waals surface area (Å²) in [6.07, 6.45) is 0. The van der Waals surface area contributed by atoms with Crippen LogP contribution in [-0.4, -0.2) is 6.54 Å². The van der Waals surface area contributed by atoms with Crippen LogP contribution in [0.25, 0.3) is 0 Å². The molecule has 1 aromatic rings. The number of quaternary nitrogens is 1. The van der Waals surface area contributed by atoms with Gasteiger partial charge in [0, 0.05) is 5.56 Å². The Kier molecular flexibility index (Phi) is 3.24. The number of hydrogen-bond donors (Lipinski definition) is 1. The van der Waals surface area contributed by atoms with Crippen molar-refractivity contribution < 1.29 is 9.71 Å². The van der Waals surface area contributed by atoms with Crippen LogP contribution in [0, 0.1) is 17.1 Å². The summed E-state index contributed by atoms with van der Waals surface area (Å²) in [5, 5.41) is 10.1. The van der Waals surface area contributed by atoms with E-state index in [9.17, 15) is 4.39 Å². The second-order valence-corrected chi connectivity index (χ2v) is 2.48. The van der Waals surface area contributed by atoms with E-state index in [1.165, 1.54) is 12.1 Å². The van der Waals surface area contributed by atoms with Crippen LogP contribution in [0.5, 0.6) is 0 Å². The van der Waals surface area contributed by atoms with Gasteiger partial charge < -0.3 is 5.32 Å². The number of hydrogen-bond acceptors (Lipinski definition) is 1. The number of halogens is 1. The van der Waals surface area contributed by atoms with Crippen molar-refractivity contribution in [2.24, 2.45) is 0 Å². The third kappa shape index (κ3) is 2.69. The molecule has 0 fully saturated rings. The maximum atomic E-state index is 12.4. The number of benzene rings is 1. The van der Waals surface area contributed by atoms with Gasteiger partial charge in [0.05, 0.1) is 0 Å². The predicted octanol–water partition coefficient (Wildman–Crippen LogP) is 0.413. The van der Waals surface area contributed by atoms with E-state index < -0.39 is 0 Å². The van der Waals surface area contributed by atoms with Crippen molar-refractivity contribution >= 4 is 0 Å². The summed E-state index contributed by atoms with van der Waals surface area (Å²) in [6.45, 7) is 1.17. The number of nitrogens with zero attached hydrogens (tertiary/aromatic N) is 1. The average Bonchev–Trinajstić information content (AvgIpc) is 2.09. The minimum absolute atomic E-state index is 0.223. The zero-order valence-corrected chi connectivity index (χ0v) is 6.63. The van der Waals surface area contributed by atoms with Gasteiger partial charge >= 0.3 is 0 Å². The minimum atomic E-state index is -0.223. The topological polar surface area (TPSA) is 40.4 Å². The Balaban J connectivity index is 2.43. The van der Waals surface area contributed by atoms with E-state index in [0.717, 1.165) is 12.1 Å². The zero-order valence-electron chi connectivity index (χ0n) is 6.63. The van der Waals surface area contributed by atoms with Crippen LogP contribution >= 0.6 is 0 Å². The highest BCUT2D eigenvalue weighted by molar-refractivity contribution is 5.14. The van der Waals surface area contributed by atoms with E-state index in [2.05, 4.69) is 0 Å². The van der Waals surface area contributed by atoms with Gasteiger partial charge in [-0.05, 0) is 12.1 Å². The van der Waals surface area contributed by atoms with Gasteiger partial charge in [0.1, 0.15) is 18.4 Å². The van der Waals surface area contributed by atoms with Crippen LogP contribution in [0.15, 0.2) is 24.3 Å². The minimum Gasteiger partial charge on any atom is -0.331 e. The lowest BCUT2D eigenvalue weighted by atomic mass is 10.2. The van der Waals surface area contributed by atoms with Gasteiger partial charge in [-0.3, -0.25) is 0 Å². The second-order valence-electron chi connectivity index (χ2n) is 2.48. The summed E-state index contributed by atoms with van der Waals surface area (Å²) in [6, 6.07) is 8.32. The van der Waals surface area contributed by atoms with Crippen LogP contribution in [0.3, 0.4) is 0 Å². The summed E-state index contributed by atoms with van der Waals surface area (Å²) in [7, 11) is 0. The number of rotatable bonds is 3. The van der Waals surface area contributed by atoms with Crippen molar-refractivity contribution in [3.63, 3.8) is 0 Å². The maximum Gasteiger partial charge on any atom is 0.163 e. The summed E-state index contributed by atoms with van der Waals surface area (Å²) in [5.41, 5.74) is 1.03. The van der Waals surface area contributed by atoms with Gasteiger partial charge in [-0.25, -0.2) is 4.39 Å². The molecule has 2 N–H and O–H groups in total. The Hall–Kier alpha value is -1.40. The molecule has 0 saturated carbocycles. The summed E-state index contributed by atoms with van der Waals surface area (Å²) in [4.78, 5) is 0. The zero-order chi connectivity index (χ0) is 8.81. The Morgan fingerprint density at radius 1 is 1.33 bits per heavy atom.